The third kappa shape index (κ3) is 2.21. The van der Waals surface area contributed by atoms with E-state index in [1.54, 1.807) is 4.52 Å². The number of nitrogens with zero attached hydrogens (tertiary/aromatic N) is 5. The molecule has 6 heteroatoms. The van der Waals surface area contributed by atoms with Gasteiger partial charge in [0.15, 0.2) is 0 Å². The molecule has 0 aromatic carbocycles. The van der Waals surface area contributed by atoms with Crippen LogP contribution < -0.4 is 10.6 Å². The molecule has 0 saturated carbocycles. The summed E-state index contributed by atoms with van der Waals surface area (Å²) in [5.41, 5.74) is 6.53. The summed E-state index contributed by atoms with van der Waals surface area (Å²) in [4.78, 5) is 10.6. The molecule has 0 saturated heterocycles. The second kappa shape index (κ2) is 4.67. The first-order chi connectivity index (χ1) is 8.13. The Hall–Kier alpha value is -1.69. The maximum atomic E-state index is 5.59. The molecule has 6 nitrogen and oxygen atoms in total. The number of hydrogen-bond acceptors (Lipinski definition) is 5. The molecule has 0 aliphatic rings. The first-order valence-electron chi connectivity index (χ1n) is 5.73. The van der Waals surface area contributed by atoms with E-state index in [-0.39, 0.29) is 0 Å². The lowest BCUT2D eigenvalue weighted by molar-refractivity contribution is 0.621. The standard InChI is InChI=1S/C11H18N6/c1-8-6-10(16(3)9(2)4-5-12)17-11(15-8)13-7-14-17/h6-7,9H,4-5,12H2,1-3H3. The Morgan fingerprint density at radius 3 is 3.00 bits per heavy atom. The topological polar surface area (TPSA) is 72.3 Å². The summed E-state index contributed by atoms with van der Waals surface area (Å²) in [6.07, 6.45) is 2.46. The van der Waals surface area contributed by atoms with E-state index in [0.717, 1.165) is 17.9 Å². The van der Waals surface area contributed by atoms with E-state index in [4.69, 9.17) is 5.73 Å². The highest BCUT2D eigenvalue weighted by Crippen LogP contribution is 2.17. The van der Waals surface area contributed by atoms with E-state index in [0.29, 0.717) is 18.4 Å². The SMILES string of the molecule is Cc1cc(N(C)C(C)CCN)n2ncnc2n1. The molecule has 0 bridgehead atoms. The number of aryl methyl sites for hydroxylation is 1. The van der Waals surface area contributed by atoms with E-state index in [2.05, 4.69) is 26.9 Å². The van der Waals surface area contributed by atoms with Crippen LogP contribution in [-0.2, 0) is 0 Å². The first kappa shape index (κ1) is 11.8. The predicted molar refractivity (Wildman–Crippen MR) is 67.1 cm³/mol. The monoisotopic (exact) mass is 234 g/mol. The average molecular weight is 234 g/mol. The summed E-state index contributed by atoms with van der Waals surface area (Å²) in [5, 5.41) is 4.19. The van der Waals surface area contributed by atoms with E-state index >= 15 is 0 Å². The van der Waals surface area contributed by atoms with Gasteiger partial charge in [0.1, 0.15) is 12.1 Å². The van der Waals surface area contributed by atoms with Crippen LogP contribution in [0.4, 0.5) is 5.82 Å². The van der Waals surface area contributed by atoms with Crippen molar-refractivity contribution in [3.8, 4) is 0 Å². The molecule has 2 heterocycles. The summed E-state index contributed by atoms with van der Waals surface area (Å²) in [5.74, 6) is 1.62. The minimum absolute atomic E-state index is 0.356. The zero-order chi connectivity index (χ0) is 12.4. The molecule has 92 valence electrons. The molecule has 0 radical (unpaired) electrons. The van der Waals surface area contributed by atoms with Gasteiger partial charge in [-0.1, -0.05) is 0 Å². The highest BCUT2D eigenvalue weighted by atomic mass is 15.4. The number of nitrogens with two attached hydrogens (primary N) is 1. The van der Waals surface area contributed by atoms with Crippen molar-refractivity contribution in [1.29, 1.82) is 0 Å². The zero-order valence-corrected chi connectivity index (χ0v) is 10.5. The molecule has 17 heavy (non-hydrogen) atoms. The van der Waals surface area contributed by atoms with Gasteiger partial charge in [-0.05, 0) is 26.8 Å². The van der Waals surface area contributed by atoms with Crippen molar-refractivity contribution in [2.75, 3.05) is 18.5 Å². The lowest BCUT2D eigenvalue weighted by Gasteiger charge is -2.26. The maximum absolute atomic E-state index is 5.59. The van der Waals surface area contributed by atoms with Crippen molar-refractivity contribution >= 4 is 11.6 Å². The van der Waals surface area contributed by atoms with Gasteiger partial charge in [-0.25, -0.2) is 4.98 Å². The van der Waals surface area contributed by atoms with Crippen molar-refractivity contribution in [3.63, 3.8) is 0 Å². The van der Waals surface area contributed by atoms with Gasteiger partial charge in [-0.2, -0.15) is 14.6 Å². The van der Waals surface area contributed by atoms with Crippen LogP contribution in [0.2, 0.25) is 0 Å². The predicted octanol–water partition coefficient (Wildman–Crippen LogP) is 0.606. The molecule has 0 amide bonds. The fourth-order valence-electron chi connectivity index (χ4n) is 1.82. The van der Waals surface area contributed by atoms with E-state index < -0.39 is 0 Å². The van der Waals surface area contributed by atoms with Crippen LogP contribution in [0.1, 0.15) is 19.0 Å². The Morgan fingerprint density at radius 2 is 2.29 bits per heavy atom. The van der Waals surface area contributed by atoms with Gasteiger partial charge in [0.05, 0.1) is 0 Å². The van der Waals surface area contributed by atoms with Crippen molar-refractivity contribution in [3.05, 3.63) is 18.1 Å². The minimum atomic E-state index is 0.356. The molecule has 2 N–H and O–H groups in total. The molecular formula is C11H18N6. The fraction of sp³-hybridized carbons (Fsp3) is 0.545. The molecule has 0 spiro atoms. The van der Waals surface area contributed by atoms with Gasteiger partial charge in [0.2, 0.25) is 0 Å². The number of hydrogen-bond donors (Lipinski definition) is 1. The molecule has 2 aromatic heterocycles. The van der Waals surface area contributed by atoms with E-state index in [9.17, 15) is 0 Å². The van der Waals surface area contributed by atoms with E-state index in [1.165, 1.54) is 6.33 Å². The summed E-state index contributed by atoms with van der Waals surface area (Å²) < 4.78 is 1.75. The van der Waals surface area contributed by atoms with Gasteiger partial charge in [-0.15, -0.1) is 0 Å². The molecule has 1 atom stereocenters. The van der Waals surface area contributed by atoms with Crippen LogP contribution in [0.3, 0.4) is 0 Å². The largest absolute Gasteiger partial charge is 0.357 e. The molecule has 0 fully saturated rings. The van der Waals surface area contributed by atoms with Crippen LogP contribution >= 0.6 is 0 Å². The smallest absolute Gasteiger partial charge is 0.254 e. The zero-order valence-electron chi connectivity index (χ0n) is 10.5. The second-order valence-electron chi connectivity index (χ2n) is 4.26. The Labute approximate surface area is 100 Å². The van der Waals surface area contributed by atoms with Crippen molar-refractivity contribution in [2.45, 2.75) is 26.3 Å². The summed E-state index contributed by atoms with van der Waals surface area (Å²) in [6, 6.07) is 2.36. The molecule has 0 aliphatic carbocycles. The van der Waals surface area contributed by atoms with Crippen LogP contribution in [-0.4, -0.2) is 39.2 Å². The summed E-state index contributed by atoms with van der Waals surface area (Å²) >= 11 is 0. The third-order valence-corrected chi connectivity index (χ3v) is 2.97. The summed E-state index contributed by atoms with van der Waals surface area (Å²) in [7, 11) is 2.04. The highest BCUT2D eigenvalue weighted by molar-refractivity contribution is 5.47. The molecule has 1 unspecified atom stereocenters. The van der Waals surface area contributed by atoms with Crippen molar-refractivity contribution in [2.24, 2.45) is 5.73 Å². The fourth-order valence-corrected chi connectivity index (χ4v) is 1.82. The van der Waals surface area contributed by atoms with Gasteiger partial charge >= 0.3 is 0 Å². The average Bonchev–Trinajstić information content (AvgIpc) is 2.75. The Balaban J connectivity index is 2.43. The van der Waals surface area contributed by atoms with Crippen LogP contribution in [0.25, 0.3) is 5.78 Å². The molecule has 2 aromatic rings. The van der Waals surface area contributed by atoms with Gasteiger partial charge in [0, 0.05) is 24.8 Å². The number of fused-ring (bicyclic) bond motifs is 1. The van der Waals surface area contributed by atoms with Crippen molar-refractivity contribution < 1.29 is 0 Å². The Bertz CT molecular complexity index is 506. The Kier molecular flexibility index (Phi) is 3.23. The lowest BCUT2D eigenvalue weighted by atomic mass is 10.2. The van der Waals surface area contributed by atoms with Gasteiger partial charge < -0.3 is 10.6 Å². The highest BCUT2D eigenvalue weighted by Gasteiger charge is 2.14. The number of rotatable bonds is 4. The first-order valence-corrected chi connectivity index (χ1v) is 5.73. The summed E-state index contributed by atoms with van der Waals surface area (Å²) in [6.45, 7) is 4.78. The Morgan fingerprint density at radius 1 is 1.53 bits per heavy atom. The van der Waals surface area contributed by atoms with Crippen LogP contribution in [0.5, 0.6) is 0 Å². The molecule has 2 rings (SSSR count). The van der Waals surface area contributed by atoms with E-state index in [1.807, 2.05) is 20.0 Å². The van der Waals surface area contributed by atoms with Crippen LogP contribution in [0.15, 0.2) is 12.4 Å². The van der Waals surface area contributed by atoms with Gasteiger partial charge in [-0.3, -0.25) is 0 Å². The number of aromatic nitrogens is 4. The third-order valence-electron chi connectivity index (χ3n) is 2.97. The lowest BCUT2D eigenvalue weighted by Crippen LogP contribution is -2.32. The minimum Gasteiger partial charge on any atom is -0.357 e. The molecular weight excluding hydrogens is 216 g/mol. The second-order valence-corrected chi connectivity index (χ2v) is 4.26. The normalized spacial score (nSPS) is 12.9. The van der Waals surface area contributed by atoms with Gasteiger partial charge in [0.25, 0.3) is 5.78 Å². The quantitative estimate of drug-likeness (QED) is 0.839. The maximum Gasteiger partial charge on any atom is 0.254 e. The molecule has 0 aliphatic heterocycles. The van der Waals surface area contributed by atoms with Crippen LogP contribution in [0, 0.1) is 6.92 Å². The number of anilines is 1. The van der Waals surface area contributed by atoms with Crippen molar-refractivity contribution in [1.82, 2.24) is 19.6 Å².